The van der Waals surface area contributed by atoms with E-state index in [1.165, 1.54) is 12.5 Å². The molecule has 0 amide bonds. The molecule has 1 saturated carbocycles. The fourth-order valence-electron chi connectivity index (χ4n) is 1.92. The van der Waals surface area contributed by atoms with Crippen molar-refractivity contribution in [3.63, 3.8) is 0 Å². The van der Waals surface area contributed by atoms with Gasteiger partial charge >= 0.3 is 0 Å². The second-order valence-electron chi connectivity index (χ2n) is 4.20. The first-order valence-electron chi connectivity index (χ1n) is 5.25. The molecule has 1 aromatic heterocycles. The first kappa shape index (κ1) is 11.6. The summed E-state index contributed by atoms with van der Waals surface area (Å²) >= 11 is 0. The van der Waals surface area contributed by atoms with Crippen LogP contribution in [0.5, 0.6) is 0 Å². The second-order valence-corrected chi connectivity index (χ2v) is 5.86. The van der Waals surface area contributed by atoms with Gasteiger partial charge in [-0.15, -0.1) is 0 Å². The predicted octanol–water partition coefficient (Wildman–Crippen LogP) is -0.422. The molecule has 0 saturated heterocycles. The fourth-order valence-corrected chi connectivity index (χ4v) is 3.23. The van der Waals surface area contributed by atoms with Crippen molar-refractivity contribution in [3.05, 3.63) is 12.5 Å². The molecule has 16 heavy (non-hydrogen) atoms. The quantitative estimate of drug-likeness (QED) is 0.755. The summed E-state index contributed by atoms with van der Waals surface area (Å²) in [5, 5.41) is 0.0501. The molecule has 1 heterocycles. The molecular weight excluding hydrogens is 228 g/mol. The molecule has 0 aromatic carbocycles. The van der Waals surface area contributed by atoms with E-state index >= 15 is 0 Å². The molecule has 1 aromatic rings. The SMILES string of the molecule is Cn1cnc(S(=O)(=O)NC2CCCC2N)c1. The number of hydrogen-bond donors (Lipinski definition) is 2. The summed E-state index contributed by atoms with van der Waals surface area (Å²) in [5.74, 6) is 0. The zero-order valence-corrected chi connectivity index (χ0v) is 9.94. The maximum atomic E-state index is 11.9. The van der Waals surface area contributed by atoms with Crippen molar-refractivity contribution in [3.8, 4) is 0 Å². The number of nitrogens with one attached hydrogen (secondary N) is 1. The number of rotatable bonds is 3. The summed E-state index contributed by atoms with van der Waals surface area (Å²) < 4.78 is 28.0. The zero-order valence-electron chi connectivity index (χ0n) is 9.13. The lowest BCUT2D eigenvalue weighted by Crippen LogP contribution is -2.43. The predicted molar refractivity (Wildman–Crippen MR) is 59.1 cm³/mol. The van der Waals surface area contributed by atoms with Crippen LogP contribution in [0.25, 0.3) is 0 Å². The molecule has 0 radical (unpaired) electrons. The van der Waals surface area contributed by atoms with Gasteiger partial charge in [-0.05, 0) is 12.8 Å². The Morgan fingerprint density at radius 3 is 2.81 bits per heavy atom. The third-order valence-corrected chi connectivity index (χ3v) is 4.21. The van der Waals surface area contributed by atoms with Crippen molar-refractivity contribution in [2.24, 2.45) is 12.8 Å². The highest BCUT2D eigenvalue weighted by Crippen LogP contribution is 2.19. The van der Waals surface area contributed by atoms with Gasteiger partial charge in [0.2, 0.25) is 0 Å². The Hall–Kier alpha value is -0.920. The lowest BCUT2D eigenvalue weighted by molar-refractivity contribution is 0.520. The molecule has 0 spiro atoms. The van der Waals surface area contributed by atoms with E-state index in [1.807, 2.05) is 0 Å². The van der Waals surface area contributed by atoms with E-state index in [0.29, 0.717) is 0 Å². The highest BCUT2D eigenvalue weighted by Gasteiger charge is 2.29. The summed E-state index contributed by atoms with van der Waals surface area (Å²) in [7, 11) is -1.79. The van der Waals surface area contributed by atoms with Crippen molar-refractivity contribution in [1.82, 2.24) is 14.3 Å². The standard InChI is InChI=1S/C9H16N4O2S/c1-13-5-9(11-6-13)16(14,15)12-8-4-2-3-7(8)10/h5-8,12H,2-4,10H2,1H3. The van der Waals surface area contributed by atoms with Gasteiger partial charge in [0.05, 0.1) is 6.33 Å². The normalized spacial score (nSPS) is 26.1. The summed E-state index contributed by atoms with van der Waals surface area (Å²) in [6, 6.07) is -0.245. The van der Waals surface area contributed by atoms with Crippen LogP contribution in [0.2, 0.25) is 0 Å². The van der Waals surface area contributed by atoms with Crippen LogP contribution in [0.4, 0.5) is 0 Å². The maximum absolute atomic E-state index is 11.9. The van der Waals surface area contributed by atoms with Gasteiger partial charge in [0.15, 0.2) is 5.03 Å². The summed E-state index contributed by atoms with van der Waals surface area (Å²) in [6.07, 6.45) is 5.57. The van der Waals surface area contributed by atoms with E-state index < -0.39 is 10.0 Å². The van der Waals surface area contributed by atoms with Crippen LogP contribution < -0.4 is 10.5 Å². The zero-order chi connectivity index (χ0) is 11.8. The second kappa shape index (κ2) is 4.15. The summed E-state index contributed by atoms with van der Waals surface area (Å²) in [4.78, 5) is 3.83. The van der Waals surface area contributed by atoms with Crippen molar-refractivity contribution >= 4 is 10.0 Å². The highest BCUT2D eigenvalue weighted by molar-refractivity contribution is 7.89. The van der Waals surface area contributed by atoms with Crippen molar-refractivity contribution in [2.75, 3.05) is 0 Å². The van der Waals surface area contributed by atoms with E-state index in [9.17, 15) is 8.42 Å². The molecule has 2 unspecified atom stereocenters. The number of imidazole rings is 1. The molecule has 1 aliphatic rings. The number of hydrogen-bond acceptors (Lipinski definition) is 4. The molecule has 7 heteroatoms. The Balaban J connectivity index is 2.14. The van der Waals surface area contributed by atoms with E-state index in [0.717, 1.165) is 19.3 Å². The van der Waals surface area contributed by atoms with Gasteiger partial charge in [-0.25, -0.2) is 18.1 Å². The molecule has 6 nitrogen and oxygen atoms in total. The Bertz CT molecular complexity index is 468. The van der Waals surface area contributed by atoms with Crippen molar-refractivity contribution in [2.45, 2.75) is 36.4 Å². The lowest BCUT2D eigenvalue weighted by Gasteiger charge is -2.16. The van der Waals surface area contributed by atoms with E-state index in [1.54, 1.807) is 11.6 Å². The number of nitrogens with two attached hydrogens (primary N) is 1. The minimum absolute atomic E-state index is 0.0501. The highest BCUT2D eigenvalue weighted by atomic mass is 32.2. The van der Waals surface area contributed by atoms with Gasteiger partial charge in [-0.2, -0.15) is 0 Å². The van der Waals surface area contributed by atoms with E-state index in [-0.39, 0.29) is 17.1 Å². The van der Waals surface area contributed by atoms with Gasteiger partial charge in [0, 0.05) is 25.3 Å². The first-order valence-corrected chi connectivity index (χ1v) is 6.73. The van der Waals surface area contributed by atoms with Crippen LogP contribution in [-0.4, -0.2) is 30.1 Å². The minimum Gasteiger partial charge on any atom is -0.339 e. The number of aromatic nitrogens is 2. The topological polar surface area (TPSA) is 90.0 Å². The van der Waals surface area contributed by atoms with Gasteiger partial charge in [-0.1, -0.05) is 6.42 Å². The Labute approximate surface area is 94.9 Å². The third kappa shape index (κ3) is 2.26. The molecule has 2 atom stereocenters. The molecule has 90 valence electrons. The Morgan fingerprint density at radius 1 is 1.56 bits per heavy atom. The van der Waals surface area contributed by atoms with Gasteiger partial charge < -0.3 is 10.3 Å². The molecule has 0 bridgehead atoms. The molecule has 0 aliphatic heterocycles. The smallest absolute Gasteiger partial charge is 0.259 e. The monoisotopic (exact) mass is 244 g/mol. The number of aryl methyl sites for hydroxylation is 1. The Kier molecular flexibility index (Phi) is 3.00. The van der Waals surface area contributed by atoms with Crippen LogP contribution in [0.3, 0.4) is 0 Å². The number of nitrogens with zero attached hydrogens (tertiary/aromatic N) is 2. The van der Waals surface area contributed by atoms with Gasteiger partial charge in [-0.3, -0.25) is 0 Å². The van der Waals surface area contributed by atoms with E-state index in [2.05, 4.69) is 9.71 Å². The van der Waals surface area contributed by atoms with Crippen LogP contribution in [0.15, 0.2) is 17.6 Å². The van der Waals surface area contributed by atoms with Crippen molar-refractivity contribution < 1.29 is 8.42 Å². The van der Waals surface area contributed by atoms with Crippen LogP contribution in [0, 0.1) is 0 Å². The van der Waals surface area contributed by atoms with Crippen LogP contribution in [-0.2, 0) is 17.1 Å². The fraction of sp³-hybridized carbons (Fsp3) is 0.667. The van der Waals surface area contributed by atoms with Crippen LogP contribution in [0.1, 0.15) is 19.3 Å². The molecule has 1 fully saturated rings. The van der Waals surface area contributed by atoms with E-state index in [4.69, 9.17) is 5.73 Å². The van der Waals surface area contributed by atoms with Gasteiger partial charge in [0.25, 0.3) is 10.0 Å². The maximum Gasteiger partial charge on any atom is 0.259 e. The summed E-state index contributed by atoms with van der Waals surface area (Å²) in [5.41, 5.74) is 5.82. The molecule has 2 rings (SSSR count). The molecule has 1 aliphatic carbocycles. The van der Waals surface area contributed by atoms with Crippen molar-refractivity contribution in [1.29, 1.82) is 0 Å². The minimum atomic E-state index is -3.52. The summed E-state index contributed by atoms with van der Waals surface area (Å²) in [6.45, 7) is 0. The number of sulfonamides is 1. The average Bonchev–Trinajstić information content (AvgIpc) is 2.77. The average molecular weight is 244 g/mol. The third-order valence-electron chi connectivity index (χ3n) is 2.83. The Morgan fingerprint density at radius 2 is 2.31 bits per heavy atom. The largest absolute Gasteiger partial charge is 0.339 e. The molecule has 3 N–H and O–H groups in total. The lowest BCUT2D eigenvalue weighted by atomic mass is 10.2. The van der Waals surface area contributed by atoms with Gasteiger partial charge in [0.1, 0.15) is 0 Å². The molecular formula is C9H16N4O2S. The first-order chi connectivity index (χ1) is 7.49. The van der Waals surface area contributed by atoms with Crippen LogP contribution >= 0.6 is 0 Å².